The summed E-state index contributed by atoms with van der Waals surface area (Å²) in [4.78, 5) is 11.2. The average Bonchev–Trinajstić information content (AvgIpc) is 2.04. The Morgan fingerprint density at radius 3 is 2.83 bits per heavy atom. The number of carbonyl (C=O) groups is 1. The van der Waals surface area contributed by atoms with Crippen molar-refractivity contribution in [3.8, 4) is 0 Å². The van der Waals surface area contributed by atoms with E-state index in [0.717, 1.165) is 6.21 Å². The molecular formula is C9H6NO2. The number of carbonyl (C=O) groups excluding carboxylic acids is 1. The zero-order valence-corrected chi connectivity index (χ0v) is 6.23. The predicted molar refractivity (Wildman–Crippen MR) is 43.9 cm³/mol. The SMILES string of the molecule is O=C1C=[N+]([O-])[CH]c2ccccc21. The Morgan fingerprint density at radius 2 is 2.00 bits per heavy atom. The van der Waals surface area contributed by atoms with Crippen molar-refractivity contribution >= 4 is 12.0 Å². The monoisotopic (exact) mass is 160 g/mol. The maximum Gasteiger partial charge on any atom is 0.255 e. The van der Waals surface area contributed by atoms with Gasteiger partial charge < -0.3 is 5.21 Å². The molecule has 12 heavy (non-hydrogen) atoms. The first-order valence-corrected chi connectivity index (χ1v) is 3.56. The number of benzene rings is 1. The van der Waals surface area contributed by atoms with Crippen LogP contribution in [0.2, 0.25) is 0 Å². The van der Waals surface area contributed by atoms with E-state index in [-0.39, 0.29) is 5.78 Å². The lowest BCUT2D eigenvalue weighted by atomic mass is 10.0. The van der Waals surface area contributed by atoms with E-state index >= 15 is 0 Å². The maximum atomic E-state index is 11.2. The molecule has 0 bridgehead atoms. The summed E-state index contributed by atoms with van der Waals surface area (Å²) in [5, 5.41) is 10.8. The van der Waals surface area contributed by atoms with Crippen molar-refractivity contribution < 1.29 is 9.53 Å². The standard InChI is InChI=1S/C9H6NO2/c11-9-6-10(12)5-7-3-1-2-4-8(7)9/h1-6H. The molecule has 0 atom stereocenters. The second-order valence-corrected chi connectivity index (χ2v) is 2.57. The third kappa shape index (κ3) is 0.993. The first-order chi connectivity index (χ1) is 5.77. The van der Waals surface area contributed by atoms with Crippen molar-refractivity contribution in [2.75, 3.05) is 0 Å². The molecule has 1 aromatic rings. The minimum atomic E-state index is -0.233. The molecule has 0 amide bonds. The van der Waals surface area contributed by atoms with E-state index in [9.17, 15) is 10.0 Å². The van der Waals surface area contributed by atoms with Crippen LogP contribution in [0.5, 0.6) is 0 Å². The van der Waals surface area contributed by atoms with Crippen molar-refractivity contribution in [2.45, 2.75) is 0 Å². The van der Waals surface area contributed by atoms with Gasteiger partial charge in [-0.25, -0.2) is 0 Å². The van der Waals surface area contributed by atoms with E-state index in [2.05, 4.69) is 0 Å². The lowest BCUT2D eigenvalue weighted by Crippen LogP contribution is -2.19. The van der Waals surface area contributed by atoms with Crippen LogP contribution in [0.25, 0.3) is 0 Å². The zero-order valence-electron chi connectivity index (χ0n) is 6.23. The van der Waals surface area contributed by atoms with E-state index in [1.165, 1.54) is 6.54 Å². The van der Waals surface area contributed by atoms with Gasteiger partial charge in [0.2, 0.25) is 12.0 Å². The van der Waals surface area contributed by atoms with Gasteiger partial charge in [0.25, 0.3) is 6.54 Å². The Bertz CT molecular complexity index is 369. The fourth-order valence-corrected chi connectivity index (χ4v) is 1.19. The Hall–Kier alpha value is -1.64. The number of hydroxylamine groups is 1. The first-order valence-electron chi connectivity index (χ1n) is 3.56. The van der Waals surface area contributed by atoms with Crippen LogP contribution in [-0.4, -0.2) is 16.7 Å². The van der Waals surface area contributed by atoms with Crippen LogP contribution in [0.1, 0.15) is 15.9 Å². The zero-order chi connectivity index (χ0) is 8.55. The molecule has 0 aromatic heterocycles. The number of fused-ring (bicyclic) bond motifs is 1. The van der Waals surface area contributed by atoms with Gasteiger partial charge in [0.05, 0.1) is 0 Å². The average molecular weight is 160 g/mol. The van der Waals surface area contributed by atoms with Gasteiger partial charge in [-0.2, -0.15) is 4.74 Å². The number of ketones is 1. The maximum absolute atomic E-state index is 11.2. The summed E-state index contributed by atoms with van der Waals surface area (Å²) < 4.78 is 0.532. The molecule has 59 valence electrons. The van der Waals surface area contributed by atoms with Crippen molar-refractivity contribution in [1.29, 1.82) is 0 Å². The van der Waals surface area contributed by atoms with E-state index in [1.54, 1.807) is 24.3 Å². The van der Waals surface area contributed by atoms with E-state index < -0.39 is 0 Å². The molecule has 1 aromatic carbocycles. The number of hydrogen-bond acceptors (Lipinski definition) is 2. The van der Waals surface area contributed by atoms with E-state index in [1.807, 2.05) is 0 Å². The van der Waals surface area contributed by atoms with Gasteiger partial charge >= 0.3 is 0 Å². The first kappa shape index (κ1) is 7.03. The summed E-state index contributed by atoms with van der Waals surface area (Å²) in [6.07, 6.45) is 1.03. The highest BCUT2D eigenvalue weighted by Gasteiger charge is 2.19. The van der Waals surface area contributed by atoms with E-state index in [0.29, 0.717) is 15.9 Å². The van der Waals surface area contributed by atoms with Gasteiger partial charge in [-0.05, 0) is 0 Å². The van der Waals surface area contributed by atoms with Crippen LogP contribution in [0, 0.1) is 11.8 Å². The predicted octanol–water partition coefficient (Wildman–Crippen LogP) is 0.974. The van der Waals surface area contributed by atoms with Gasteiger partial charge in [-0.1, -0.05) is 24.3 Å². The minimum Gasteiger partial charge on any atom is -0.623 e. The van der Waals surface area contributed by atoms with Crippen LogP contribution in [0.4, 0.5) is 0 Å². The van der Waals surface area contributed by atoms with Gasteiger partial charge in [0.1, 0.15) is 0 Å². The molecule has 0 saturated heterocycles. The fourth-order valence-electron chi connectivity index (χ4n) is 1.19. The number of rotatable bonds is 0. The summed E-state index contributed by atoms with van der Waals surface area (Å²) in [5.74, 6) is -0.233. The molecule has 1 radical (unpaired) electrons. The molecule has 1 aliphatic heterocycles. The number of Topliss-reactive ketones (excluding diaryl/α,β-unsaturated/α-hetero) is 1. The van der Waals surface area contributed by atoms with Gasteiger partial charge in [-0.3, -0.25) is 4.79 Å². The minimum absolute atomic E-state index is 0.233. The molecule has 3 nitrogen and oxygen atoms in total. The highest BCUT2D eigenvalue weighted by atomic mass is 16.5. The van der Waals surface area contributed by atoms with Crippen molar-refractivity contribution in [1.82, 2.24) is 0 Å². The van der Waals surface area contributed by atoms with Crippen LogP contribution < -0.4 is 0 Å². The fraction of sp³-hybridized carbons (Fsp3) is 0. The molecule has 1 aliphatic rings. The normalized spacial score (nSPS) is 15.3. The third-order valence-electron chi connectivity index (χ3n) is 1.74. The Balaban J connectivity index is 2.56. The van der Waals surface area contributed by atoms with Gasteiger partial charge in [0, 0.05) is 11.1 Å². The molecule has 0 saturated carbocycles. The molecular weight excluding hydrogens is 154 g/mol. The van der Waals surface area contributed by atoms with Gasteiger partial charge in [0.15, 0.2) is 0 Å². The Labute approximate surface area is 69.5 Å². The van der Waals surface area contributed by atoms with Crippen LogP contribution in [-0.2, 0) is 0 Å². The molecule has 0 N–H and O–H groups in total. The Kier molecular flexibility index (Phi) is 1.43. The molecule has 0 unspecified atom stereocenters. The Morgan fingerprint density at radius 1 is 1.25 bits per heavy atom. The summed E-state index contributed by atoms with van der Waals surface area (Å²) in [7, 11) is 0. The highest BCUT2D eigenvalue weighted by Crippen LogP contribution is 2.14. The third-order valence-corrected chi connectivity index (χ3v) is 1.74. The quantitative estimate of drug-likeness (QED) is 0.419. The molecule has 0 aliphatic carbocycles. The molecule has 0 spiro atoms. The second kappa shape index (κ2) is 2.44. The summed E-state index contributed by atoms with van der Waals surface area (Å²) in [6, 6.07) is 7.02. The molecule has 3 heteroatoms. The van der Waals surface area contributed by atoms with Crippen molar-refractivity contribution in [3.05, 3.63) is 47.1 Å². The van der Waals surface area contributed by atoms with Crippen LogP contribution in [0.15, 0.2) is 24.3 Å². The number of hydrogen-bond donors (Lipinski definition) is 0. The highest BCUT2D eigenvalue weighted by molar-refractivity contribution is 6.34. The number of nitrogens with zero attached hydrogens (tertiary/aromatic N) is 1. The smallest absolute Gasteiger partial charge is 0.255 e. The van der Waals surface area contributed by atoms with E-state index in [4.69, 9.17) is 0 Å². The molecule has 1 heterocycles. The van der Waals surface area contributed by atoms with Crippen LogP contribution in [0.3, 0.4) is 0 Å². The summed E-state index contributed by atoms with van der Waals surface area (Å²) in [5.41, 5.74) is 1.27. The van der Waals surface area contributed by atoms with Crippen molar-refractivity contribution in [2.24, 2.45) is 0 Å². The largest absolute Gasteiger partial charge is 0.623 e. The lowest BCUT2D eigenvalue weighted by molar-refractivity contribution is -0.400. The topological polar surface area (TPSA) is 43.1 Å². The van der Waals surface area contributed by atoms with Crippen LogP contribution >= 0.6 is 0 Å². The second-order valence-electron chi connectivity index (χ2n) is 2.57. The van der Waals surface area contributed by atoms with Gasteiger partial charge in [-0.15, -0.1) is 0 Å². The van der Waals surface area contributed by atoms with Crippen molar-refractivity contribution in [3.63, 3.8) is 0 Å². The summed E-state index contributed by atoms with van der Waals surface area (Å²) >= 11 is 0. The molecule has 0 fully saturated rings. The molecule has 2 rings (SSSR count). The lowest BCUT2D eigenvalue weighted by Gasteiger charge is -2.09. The summed E-state index contributed by atoms with van der Waals surface area (Å²) in [6.45, 7) is 1.39.